The highest BCUT2D eigenvalue weighted by molar-refractivity contribution is 5.70. The molecule has 1 amide bonds. The van der Waals surface area contributed by atoms with Crippen LogP contribution in [-0.2, 0) is 16.7 Å². The Morgan fingerprint density at radius 1 is 1.27 bits per heavy atom. The monoisotopic (exact) mass is 301 g/mol. The maximum atomic E-state index is 12.5. The van der Waals surface area contributed by atoms with Crippen molar-refractivity contribution in [2.24, 2.45) is 11.8 Å². The lowest BCUT2D eigenvalue weighted by Gasteiger charge is -2.46. The molecule has 3 heteroatoms. The summed E-state index contributed by atoms with van der Waals surface area (Å²) >= 11 is 0. The van der Waals surface area contributed by atoms with Crippen LogP contribution < -0.4 is 5.32 Å². The van der Waals surface area contributed by atoms with E-state index < -0.39 is 5.60 Å². The zero-order valence-corrected chi connectivity index (χ0v) is 14.1. The van der Waals surface area contributed by atoms with Crippen molar-refractivity contribution in [1.82, 2.24) is 5.32 Å². The molecular weight excluding hydrogens is 274 g/mol. The number of alkyl carbamates (subject to hydrolysis) is 1. The normalized spacial score (nSPS) is 30.4. The topological polar surface area (TPSA) is 38.3 Å². The van der Waals surface area contributed by atoms with Crippen molar-refractivity contribution in [3.05, 3.63) is 35.4 Å². The van der Waals surface area contributed by atoms with Crippen molar-refractivity contribution < 1.29 is 9.53 Å². The van der Waals surface area contributed by atoms with Gasteiger partial charge in [-0.3, -0.25) is 0 Å². The summed E-state index contributed by atoms with van der Waals surface area (Å²) in [6, 6.07) is 8.58. The summed E-state index contributed by atoms with van der Waals surface area (Å²) in [6.45, 7) is 8.00. The lowest BCUT2D eigenvalue weighted by Crippen LogP contribution is -2.56. The van der Waals surface area contributed by atoms with Crippen molar-refractivity contribution in [3.8, 4) is 0 Å². The number of rotatable bonds is 1. The molecule has 3 rings (SSSR count). The van der Waals surface area contributed by atoms with Crippen LogP contribution in [0, 0.1) is 11.8 Å². The van der Waals surface area contributed by atoms with Crippen LogP contribution in [0.3, 0.4) is 0 Å². The second-order valence-electron chi connectivity index (χ2n) is 7.89. The smallest absolute Gasteiger partial charge is 0.408 e. The van der Waals surface area contributed by atoms with E-state index in [1.807, 2.05) is 20.8 Å². The molecule has 0 unspecified atom stereocenters. The van der Waals surface area contributed by atoms with E-state index in [-0.39, 0.29) is 11.6 Å². The van der Waals surface area contributed by atoms with Gasteiger partial charge in [0, 0.05) is 0 Å². The number of fused-ring (bicyclic) bond motifs is 3. The third-order valence-electron chi connectivity index (χ3n) is 5.25. The van der Waals surface area contributed by atoms with E-state index >= 15 is 0 Å². The fourth-order valence-electron chi connectivity index (χ4n) is 4.41. The van der Waals surface area contributed by atoms with Crippen LogP contribution in [0.2, 0.25) is 0 Å². The molecule has 1 fully saturated rings. The van der Waals surface area contributed by atoms with Crippen LogP contribution in [0.5, 0.6) is 0 Å². The lowest BCUT2D eigenvalue weighted by molar-refractivity contribution is 0.0257. The Hall–Kier alpha value is -1.51. The molecule has 3 atom stereocenters. The van der Waals surface area contributed by atoms with E-state index in [9.17, 15) is 4.79 Å². The van der Waals surface area contributed by atoms with Crippen LogP contribution in [0.4, 0.5) is 4.79 Å². The number of carbonyl (C=O) groups excluding carboxylic acids is 1. The molecule has 0 aliphatic heterocycles. The number of benzene rings is 1. The van der Waals surface area contributed by atoms with Gasteiger partial charge in [0.15, 0.2) is 0 Å². The van der Waals surface area contributed by atoms with Gasteiger partial charge in [0.05, 0.1) is 5.54 Å². The molecule has 1 N–H and O–H groups in total. The van der Waals surface area contributed by atoms with Crippen LogP contribution in [0.25, 0.3) is 0 Å². The van der Waals surface area contributed by atoms with Crippen molar-refractivity contribution in [3.63, 3.8) is 0 Å². The maximum Gasteiger partial charge on any atom is 0.408 e. The van der Waals surface area contributed by atoms with Gasteiger partial charge in [0.25, 0.3) is 0 Å². The maximum absolute atomic E-state index is 12.5. The Morgan fingerprint density at radius 3 is 2.73 bits per heavy atom. The Bertz CT molecular complexity index is 575. The van der Waals surface area contributed by atoms with Gasteiger partial charge in [-0.15, -0.1) is 0 Å². The predicted octanol–water partition coefficient (Wildman–Crippen LogP) is 4.40. The van der Waals surface area contributed by atoms with Crippen molar-refractivity contribution in [1.29, 1.82) is 0 Å². The molecule has 0 bridgehead atoms. The average Bonchev–Trinajstić information content (AvgIpc) is 2.73. The second kappa shape index (κ2) is 5.29. The van der Waals surface area contributed by atoms with Gasteiger partial charge in [-0.25, -0.2) is 4.79 Å². The zero-order valence-electron chi connectivity index (χ0n) is 14.1. The summed E-state index contributed by atoms with van der Waals surface area (Å²) in [6.07, 6.45) is 4.35. The minimum absolute atomic E-state index is 0.253. The number of ether oxygens (including phenoxy) is 1. The van der Waals surface area contributed by atoms with Gasteiger partial charge >= 0.3 is 6.09 Å². The van der Waals surface area contributed by atoms with Gasteiger partial charge in [-0.05, 0) is 63.0 Å². The molecule has 1 saturated carbocycles. The highest BCUT2D eigenvalue weighted by Gasteiger charge is 2.53. The SMILES string of the molecule is C[C@@H]1CCC[C@H]2Cc3ccccc3[C@]21NC(=O)OC(C)(C)C. The summed E-state index contributed by atoms with van der Waals surface area (Å²) in [5, 5.41) is 3.30. The molecule has 3 nitrogen and oxygen atoms in total. The highest BCUT2D eigenvalue weighted by atomic mass is 16.6. The zero-order chi connectivity index (χ0) is 16.0. The van der Waals surface area contributed by atoms with Crippen LogP contribution in [0.15, 0.2) is 24.3 Å². The summed E-state index contributed by atoms with van der Waals surface area (Å²) in [5.41, 5.74) is 1.97. The van der Waals surface area contributed by atoms with E-state index in [0.29, 0.717) is 11.8 Å². The third kappa shape index (κ3) is 2.51. The molecule has 1 aromatic rings. The fourth-order valence-corrected chi connectivity index (χ4v) is 4.41. The summed E-state index contributed by atoms with van der Waals surface area (Å²) in [4.78, 5) is 12.5. The number of hydrogen-bond acceptors (Lipinski definition) is 2. The Balaban J connectivity index is 1.96. The molecular formula is C19H27NO2. The first-order chi connectivity index (χ1) is 10.3. The summed E-state index contributed by atoms with van der Waals surface area (Å²) in [7, 11) is 0. The van der Waals surface area contributed by atoms with Crippen LogP contribution >= 0.6 is 0 Å². The van der Waals surface area contributed by atoms with Gasteiger partial charge in [0.1, 0.15) is 5.60 Å². The van der Waals surface area contributed by atoms with E-state index in [0.717, 1.165) is 12.8 Å². The molecule has 2 aliphatic carbocycles. The van der Waals surface area contributed by atoms with E-state index in [1.54, 1.807) is 0 Å². The average molecular weight is 301 g/mol. The number of amides is 1. The standard InChI is InChI=1S/C19H27NO2/c1-13-8-7-10-15-12-14-9-5-6-11-16(14)19(13,15)20-17(21)22-18(2,3)4/h5-6,9,11,13,15H,7-8,10,12H2,1-4H3,(H,20,21)/t13-,15+,19-/m1/s1. The molecule has 2 aliphatic rings. The molecule has 0 radical (unpaired) electrons. The van der Waals surface area contributed by atoms with E-state index in [2.05, 4.69) is 36.5 Å². The van der Waals surface area contributed by atoms with Crippen molar-refractivity contribution >= 4 is 6.09 Å². The molecule has 22 heavy (non-hydrogen) atoms. The summed E-state index contributed by atoms with van der Waals surface area (Å²) in [5.74, 6) is 0.920. The quantitative estimate of drug-likeness (QED) is 0.835. The van der Waals surface area contributed by atoms with Gasteiger partial charge in [0.2, 0.25) is 0 Å². The Morgan fingerprint density at radius 2 is 2.00 bits per heavy atom. The minimum atomic E-state index is -0.466. The van der Waals surface area contributed by atoms with E-state index in [4.69, 9.17) is 4.74 Å². The molecule has 1 aromatic carbocycles. The first-order valence-corrected chi connectivity index (χ1v) is 8.42. The third-order valence-corrected chi connectivity index (χ3v) is 5.25. The lowest BCUT2D eigenvalue weighted by atomic mass is 9.66. The van der Waals surface area contributed by atoms with Crippen molar-refractivity contribution in [2.45, 2.75) is 64.5 Å². The predicted molar refractivity (Wildman–Crippen MR) is 87.7 cm³/mol. The van der Waals surface area contributed by atoms with Crippen LogP contribution in [0.1, 0.15) is 58.1 Å². The minimum Gasteiger partial charge on any atom is -0.444 e. The molecule has 0 aromatic heterocycles. The van der Waals surface area contributed by atoms with Crippen molar-refractivity contribution in [2.75, 3.05) is 0 Å². The number of hydrogen-bond donors (Lipinski definition) is 1. The number of carbonyl (C=O) groups is 1. The van der Waals surface area contributed by atoms with E-state index in [1.165, 1.54) is 24.0 Å². The second-order valence-corrected chi connectivity index (χ2v) is 7.89. The van der Waals surface area contributed by atoms with Gasteiger partial charge in [-0.1, -0.05) is 37.6 Å². The van der Waals surface area contributed by atoms with Gasteiger partial charge < -0.3 is 10.1 Å². The fraction of sp³-hybridized carbons (Fsp3) is 0.632. The summed E-state index contributed by atoms with van der Waals surface area (Å²) < 4.78 is 5.56. The first-order valence-electron chi connectivity index (χ1n) is 8.42. The first kappa shape index (κ1) is 15.4. The molecule has 0 heterocycles. The van der Waals surface area contributed by atoms with Crippen LogP contribution in [-0.4, -0.2) is 11.7 Å². The largest absolute Gasteiger partial charge is 0.444 e. The highest BCUT2D eigenvalue weighted by Crippen LogP contribution is 2.52. The van der Waals surface area contributed by atoms with Gasteiger partial charge in [-0.2, -0.15) is 0 Å². The Labute approximate surface area is 133 Å². The Kier molecular flexibility index (Phi) is 3.70. The molecule has 0 saturated heterocycles. The number of nitrogens with one attached hydrogen (secondary N) is 1. The molecule has 0 spiro atoms. The molecule has 120 valence electrons.